The molecule has 1 aromatic carbocycles. The number of hydrogen-bond donors (Lipinski definition) is 2. The van der Waals surface area contributed by atoms with Crippen LogP contribution in [0.15, 0.2) is 18.2 Å². The Morgan fingerprint density at radius 3 is 3.19 bits per heavy atom. The summed E-state index contributed by atoms with van der Waals surface area (Å²) in [6.07, 6.45) is 2.70. The molecule has 0 saturated carbocycles. The molecule has 0 bridgehead atoms. The molecule has 1 aromatic heterocycles. The van der Waals surface area contributed by atoms with Gasteiger partial charge in [-0.1, -0.05) is 0 Å². The number of piperazine rings is 1. The summed E-state index contributed by atoms with van der Waals surface area (Å²) in [5, 5.41) is 0. The average molecular weight is 285 g/mol. The van der Waals surface area contributed by atoms with Crippen molar-refractivity contribution in [2.24, 2.45) is 0 Å². The summed E-state index contributed by atoms with van der Waals surface area (Å²) >= 11 is 0. The highest BCUT2D eigenvalue weighted by atomic mass is 15.3. The van der Waals surface area contributed by atoms with Gasteiger partial charge in [0.05, 0.1) is 17.6 Å². The van der Waals surface area contributed by atoms with Crippen molar-refractivity contribution in [1.82, 2.24) is 19.8 Å². The van der Waals surface area contributed by atoms with Crippen molar-refractivity contribution >= 4 is 16.7 Å². The van der Waals surface area contributed by atoms with Crippen LogP contribution in [0.25, 0.3) is 11.0 Å². The van der Waals surface area contributed by atoms with Crippen LogP contribution in [0.2, 0.25) is 0 Å². The van der Waals surface area contributed by atoms with Gasteiger partial charge in [-0.3, -0.25) is 9.80 Å². The second-order valence-corrected chi connectivity index (χ2v) is 6.53. The molecule has 2 saturated heterocycles. The van der Waals surface area contributed by atoms with Crippen molar-refractivity contribution in [3.05, 3.63) is 24.0 Å². The number of anilines is 1. The number of benzene rings is 1. The second-order valence-electron chi connectivity index (χ2n) is 6.53. The highest BCUT2D eigenvalue weighted by molar-refractivity contribution is 5.78. The predicted molar refractivity (Wildman–Crippen MR) is 85.0 cm³/mol. The van der Waals surface area contributed by atoms with Crippen LogP contribution in [-0.2, 0) is 6.54 Å². The minimum atomic E-state index is 0.595. The Labute approximate surface area is 125 Å². The van der Waals surface area contributed by atoms with Crippen LogP contribution in [0.3, 0.4) is 0 Å². The van der Waals surface area contributed by atoms with E-state index in [4.69, 9.17) is 10.7 Å². The molecule has 2 unspecified atom stereocenters. The third-order valence-corrected chi connectivity index (χ3v) is 4.97. The van der Waals surface area contributed by atoms with Crippen molar-refractivity contribution in [2.45, 2.75) is 38.4 Å². The third-order valence-electron chi connectivity index (χ3n) is 4.97. The Kier molecular flexibility index (Phi) is 3.12. The van der Waals surface area contributed by atoms with Crippen LogP contribution in [0.5, 0.6) is 0 Å². The van der Waals surface area contributed by atoms with E-state index in [0.717, 1.165) is 35.1 Å². The molecule has 3 heterocycles. The smallest absolute Gasteiger partial charge is 0.121 e. The summed E-state index contributed by atoms with van der Waals surface area (Å²) in [6.45, 7) is 6.88. The second kappa shape index (κ2) is 5.00. The van der Waals surface area contributed by atoms with Crippen molar-refractivity contribution in [3.63, 3.8) is 0 Å². The standard InChI is InChI=1S/C16H23N5/c1-11-8-20-6-2-3-13(20)9-21(11)10-16-18-14-5-4-12(17)7-15(14)19-16/h4-5,7,11,13H,2-3,6,8-10,17H2,1H3,(H,18,19). The maximum Gasteiger partial charge on any atom is 0.121 e. The summed E-state index contributed by atoms with van der Waals surface area (Å²) in [5.74, 6) is 1.05. The summed E-state index contributed by atoms with van der Waals surface area (Å²) < 4.78 is 0. The first kappa shape index (κ1) is 13.1. The molecule has 0 aliphatic carbocycles. The van der Waals surface area contributed by atoms with Crippen LogP contribution < -0.4 is 5.73 Å². The molecular formula is C16H23N5. The summed E-state index contributed by atoms with van der Waals surface area (Å²) in [5.41, 5.74) is 8.66. The maximum absolute atomic E-state index is 5.83. The quantitative estimate of drug-likeness (QED) is 0.826. The van der Waals surface area contributed by atoms with Crippen LogP contribution in [0, 0.1) is 0 Å². The van der Waals surface area contributed by atoms with Gasteiger partial charge in [0, 0.05) is 30.9 Å². The minimum absolute atomic E-state index is 0.595. The third kappa shape index (κ3) is 2.40. The molecule has 3 N–H and O–H groups in total. The van der Waals surface area contributed by atoms with E-state index in [1.807, 2.05) is 18.2 Å². The summed E-state index contributed by atoms with van der Waals surface area (Å²) in [4.78, 5) is 13.3. The summed E-state index contributed by atoms with van der Waals surface area (Å²) in [7, 11) is 0. The SMILES string of the molecule is CC1CN2CCCC2CN1Cc1nc2ccc(N)cc2[nH]1. The lowest BCUT2D eigenvalue weighted by atomic mass is 10.1. The Balaban J connectivity index is 1.53. The lowest BCUT2D eigenvalue weighted by molar-refractivity contribution is 0.0525. The fourth-order valence-corrected chi connectivity index (χ4v) is 3.82. The molecule has 2 aromatic rings. The van der Waals surface area contributed by atoms with Gasteiger partial charge in [-0.25, -0.2) is 4.98 Å². The number of H-pyrrole nitrogens is 1. The van der Waals surface area contributed by atoms with Gasteiger partial charge in [0.15, 0.2) is 0 Å². The van der Waals surface area contributed by atoms with E-state index < -0.39 is 0 Å². The van der Waals surface area contributed by atoms with Crippen LogP contribution in [0.1, 0.15) is 25.6 Å². The van der Waals surface area contributed by atoms with Crippen LogP contribution >= 0.6 is 0 Å². The average Bonchev–Trinajstić information content (AvgIpc) is 3.04. The van der Waals surface area contributed by atoms with Gasteiger partial charge in [0.25, 0.3) is 0 Å². The zero-order valence-corrected chi connectivity index (χ0v) is 12.5. The molecule has 2 atom stereocenters. The maximum atomic E-state index is 5.83. The van der Waals surface area contributed by atoms with Gasteiger partial charge in [0.2, 0.25) is 0 Å². The fraction of sp³-hybridized carbons (Fsp3) is 0.562. The normalized spacial score (nSPS) is 27.3. The lowest BCUT2D eigenvalue weighted by Gasteiger charge is -2.41. The molecule has 0 amide bonds. The van der Waals surface area contributed by atoms with Crippen molar-refractivity contribution < 1.29 is 0 Å². The zero-order chi connectivity index (χ0) is 14.4. The molecule has 5 heteroatoms. The molecule has 112 valence electrons. The number of nitrogens with zero attached hydrogens (tertiary/aromatic N) is 3. The number of hydrogen-bond acceptors (Lipinski definition) is 4. The Morgan fingerprint density at radius 1 is 1.38 bits per heavy atom. The molecule has 2 aliphatic rings. The molecule has 2 aliphatic heterocycles. The first-order valence-corrected chi connectivity index (χ1v) is 7.91. The molecular weight excluding hydrogens is 262 g/mol. The number of nitrogen functional groups attached to an aromatic ring is 1. The molecule has 0 spiro atoms. The highest BCUT2D eigenvalue weighted by Crippen LogP contribution is 2.25. The fourth-order valence-electron chi connectivity index (χ4n) is 3.82. The van der Waals surface area contributed by atoms with Crippen molar-refractivity contribution in [1.29, 1.82) is 0 Å². The predicted octanol–water partition coefficient (Wildman–Crippen LogP) is 1.81. The topological polar surface area (TPSA) is 61.2 Å². The van der Waals surface area contributed by atoms with Gasteiger partial charge in [-0.2, -0.15) is 0 Å². The van der Waals surface area contributed by atoms with E-state index in [9.17, 15) is 0 Å². The first-order chi connectivity index (χ1) is 10.2. The van der Waals surface area contributed by atoms with E-state index in [-0.39, 0.29) is 0 Å². The number of imidazole rings is 1. The monoisotopic (exact) mass is 285 g/mol. The van der Waals surface area contributed by atoms with Gasteiger partial charge >= 0.3 is 0 Å². The molecule has 2 fully saturated rings. The zero-order valence-electron chi connectivity index (χ0n) is 12.5. The molecule has 4 rings (SSSR count). The number of aromatic nitrogens is 2. The van der Waals surface area contributed by atoms with E-state index in [0.29, 0.717) is 6.04 Å². The number of nitrogens with two attached hydrogens (primary N) is 1. The molecule has 5 nitrogen and oxygen atoms in total. The van der Waals surface area contributed by atoms with E-state index in [1.54, 1.807) is 0 Å². The van der Waals surface area contributed by atoms with E-state index in [1.165, 1.54) is 32.5 Å². The Bertz CT molecular complexity index is 649. The van der Waals surface area contributed by atoms with Gasteiger partial charge in [-0.15, -0.1) is 0 Å². The van der Waals surface area contributed by atoms with Crippen LogP contribution in [-0.4, -0.2) is 51.5 Å². The van der Waals surface area contributed by atoms with Crippen LogP contribution in [0.4, 0.5) is 5.69 Å². The molecule has 0 radical (unpaired) electrons. The number of aromatic amines is 1. The van der Waals surface area contributed by atoms with Gasteiger partial charge in [-0.05, 0) is 44.5 Å². The largest absolute Gasteiger partial charge is 0.399 e. The number of nitrogens with one attached hydrogen (secondary N) is 1. The van der Waals surface area contributed by atoms with E-state index in [2.05, 4.69) is 21.7 Å². The van der Waals surface area contributed by atoms with Crippen molar-refractivity contribution in [2.75, 3.05) is 25.4 Å². The van der Waals surface area contributed by atoms with Crippen molar-refractivity contribution in [3.8, 4) is 0 Å². The Hall–Kier alpha value is -1.59. The Morgan fingerprint density at radius 2 is 2.29 bits per heavy atom. The van der Waals surface area contributed by atoms with E-state index >= 15 is 0 Å². The minimum Gasteiger partial charge on any atom is -0.399 e. The first-order valence-electron chi connectivity index (χ1n) is 7.91. The highest BCUT2D eigenvalue weighted by Gasteiger charge is 2.34. The molecule has 21 heavy (non-hydrogen) atoms. The number of fused-ring (bicyclic) bond motifs is 2. The number of rotatable bonds is 2. The lowest BCUT2D eigenvalue weighted by Crippen LogP contribution is -2.54. The van der Waals surface area contributed by atoms with Gasteiger partial charge < -0.3 is 10.7 Å². The van der Waals surface area contributed by atoms with Gasteiger partial charge in [0.1, 0.15) is 5.82 Å². The summed E-state index contributed by atoms with van der Waals surface area (Å²) in [6, 6.07) is 7.21.